The highest BCUT2D eigenvalue weighted by molar-refractivity contribution is 5.74. The van der Waals surface area contributed by atoms with Crippen LogP contribution < -0.4 is 15.4 Å². The number of rotatable bonds is 4. The van der Waals surface area contributed by atoms with E-state index < -0.39 is 11.3 Å². The minimum absolute atomic E-state index is 0.0123. The van der Waals surface area contributed by atoms with E-state index >= 15 is 0 Å². The maximum Gasteiger partial charge on any atom is 0.315 e. The first-order valence-electron chi connectivity index (χ1n) is 8.70. The molecule has 0 radical (unpaired) electrons. The molecule has 0 bridgehead atoms. The van der Waals surface area contributed by atoms with Crippen molar-refractivity contribution < 1.29 is 18.3 Å². The molecule has 2 saturated carbocycles. The molecule has 7 heteroatoms. The van der Waals surface area contributed by atoms with Crippen LogP contribution >= 0.6 is 0 Å². The molecule has 2 amide bonds. The van der Waals surface area contributed by atoms with E-state index in [4.69, 9.17) is 4.74 Å². The summed E-state index contributed by atoms with van der Waals surface area (Å²) in [6, 6.07) is 1.61. The fourth-order valence-corrected chi connectivity index (χ4v) is 3.86. The summed E-state index contributed by atoms with van der Waals surface area (Å²) in [7, 11) is 1.55. The molecule has 2 aliphatic rings. The number of amides is 2. The first-order chi connectivity index (χ1) is 11.8. The number of aryl methyl sites for hydroxylation is 2. The summed E-state index contributed by atoms with van der Waals surface area (Å²) in [5.74, 6) is -1.99. The summed E-state index contributed by atoms with van der Waals surface area (Å²) in [5, 5.41) is 5.71. The van der Waals surface area contributed by atoms with Gasteiger partial charge in [-0.05, 0) is 51.2 Å². The van der Waals surface area contributed by atoms with E-state index in [0.29, 0.717) is 38.1 Å². The van der Waals surface area contributed by atoms with Gasteiger partial charge in [0.2, 0.25) is 5.88 Å². The summed E-state index contributed by atoms with van der Waals surface area (Å²) in [5.41, 5.74) is 1.92. The van der Waals surface area contributed by atoms with Crippen molar-refractivity contribution >= 4 is 6.03 Å². The van der Waals surface area contributed by atoms with Gasteiger partial charge in [0.05, 0.1) is 13.7 Å². The van der Waals surface area contributed by atoms with Gasteiger partial charge in [-0.2, -0.15) is 0 Å². The topological polar surface area (TPSA) is 63.2 Å². The molecule has 1 heterocycles. The number of alkyl halides is 2. The van der Waals surface area contributed by atoms with Crippen LogP contribution in [-0.4, -0.2) is 30.1 Å². The number of carbonyl (C=O) groups excluding carboxylic acids is 1. The molecule has 138 valence electrons. The Morgan fingerprint density at radius 3 is 2.56 bits per heavy atom. The molecule has 2 N–H and O–H groups in total. The van der Waals surface area contributed by atoms with Gasteiger partial charge in [0.15, 0.2) is 0 Å². The van der Waals surface area contributed by atoms with Crippen molar-refractivity contribution in [1.82, 2.24) is 15.6 Å². The molecule has 1 aromatic rings. The highest BCUT2D eigenvalue weighted by Gasteiger charge is 2.70. The fourth-order valence-electron chi connectivity index (χ4n) is 3.86. The van der Waals surface area contributed by atoms with Crippen LogP contribution in [-0.2, 0) is 6.54 Å². The Morgan fingerprint density at radius 1 is 1.36 bits per heavy atom. The summed E-state index contributed by atoms with van der Waals surface area (Å²) in [4.78, 5) is 16.5. The van der Waals surface area contributed by atoms with Gasteiger partial charge in [0.1, 0.15) is 0 Å². The number of ether oxygens (including phenoxy) is 1. The maximum atomic E-state index is 13.4. The second-order valence-electron chi connectivity index (χ2n) is 7.33. The normalized spacial score (nSPS) is 27.0. The van der Waals surface area contributed by atoms with Crippen molar-refractivity contribution in [2.75, 3.05) is 7.11 Å². The Kier molecular flexibility index (Phi) is 4.60. The van der Waals surface area contributed by atoms with E-state index in [1.165, 1.54) is 0 Å². The number of methoxy groups -OCH3 is 1. The van der Waals surface area contributed by atoms with Crippen molar-refractivity contribution in [3.05, 3.63) is 22.9 Å². The van der Waals surface area contributed by atoms with Crippen molar-refractivity contribution in [3.63, 3.8) is 0 Å². The van der Waals surface area contributed by atoms with Crippen molar-refractivity contribution in [1.29, 1.82) is 0 Å². The average Bonchev–Trinajstić information content (AvgIpc) is 3.08. The van der Waals surface area contributed by atoms with Crippen LogP contribution in [0.2, 0.25) is 0 Å². The first kappa shape index (κ1) is 17.9. The molecule has 25 heavy (non-hydrogen) atoms. The van der Waals surface area contributed by atoms with E-state index in [0.717, 1.165) is 16.8 Å². The number of pyridine rings is 1. The van der Waals surface area contributed by atoms with E-state index in [1.807, 2.05) is 19.9 Å². The number of hydrogen-bond donors (Lipinski definition) is 2. The zero-order valence-corrected chi connectivity index (χ0v) is 14.9. The second-order valence-corrected chi connectivity index (χ2v) is 7.33. The van der Waals surface area contributed by atoms with Crippen LogP contribution in [0, 0.1) is 19.3 Å². The second kappa shape index (κ2) is 6.42. The molecule has 2 aliphatic carbocycles. The molecule has 0 atom stereocenters. The van der Waals surface area contributed by atoms with Crippen LogP contribution in [0.4, 0.5) is 13.6 Å². The third-order valence-electron chi connectivity index (χ3n) is 5.55. The minimum Gasteiger partial charge on any atom is -0.481 e. The van der Waals surface area contributed by atoms with Crippen LogP contribution in [0.1, 0.15) is 48.9 Å². The largest absolute Gasteiger partial charge is 0.481 e. The van der Waals surface area contributed by atoms with Gasteiger partial charge in [0, 0.05) is 29.1 Å². The first-order valence-corrected chi connectivity index (χ1v) is 8.70. The van der Waals surface area contributed by atoms with Gasteiger partial charge >= 0.3 is 6.03 Å². The molecule has 1 aromatic heterocycles. The fraction of sp³-hybridized carbons (Fsp3) is 0.667. The molecular weight excluding hydrogens is 328 g/mol. The Balaban J connectivity index is 1.50. The summed E-state index contributed by atoms with van der Waals surface area (Å²) in [6.07, 6.45) is 2.20. The van der Waals surface area contributed by atoms with E-state index in [2.05, 4.69) is 15.6 Å². The number of nitrogens with one attached hydrogen (secondary N) is 2. The third kappa shape index (κ3) is 3.55. The lowest BCUT2D eigenvalue weighted by Crippen LogP contribution is -2.44. The van der Waals surface area contributed by atoms with Crippen LogP contribution in [0.5, 0.6) is 5.88 Å². The molecule has 0 aliphatic heterocycles. The Hall–Kier alpha value is -1.92. The number of halogens is 2. The Bertz CT molecular complexity index is 671. The highest BCUT2D eigenvalue weighted by Crippen LogP contribution is 2.67. The molecule has 0 saturated heterocycles. The molecule has 0 unspecified atom stereocenters. The lowest BCUT2D eigenvalue weighted by molar-refractivity contribution is 0.0445. The van der Waals surface area contributed by atoms with E-state index in [-0.39, 0.29) is 18.5 Å². The van der Waals surface area contributed by atoms with Gasteiger partial charge in [-0.25, -0.2) is 18.6 Å². The zero-order valence-electron chi connectivity index (χ0n) is 14.9. The summed E-state index contributed by atoms with van der Waals surface area (Å²) >= 11 is 0. The van der Waals surface area contributed by atoms with Crippen molar-refractivity contribution in [2.45, 2.75) is 64.5 Å². The monoisotopic (exact) mass is 353 g/mol. The molecule has 1 spiro atoms. The molecule has 0 aromatic carbocycles. The minimum atomic E-state index is -2.49. The smallest absolute Gasteiger partial charge is 0.315 e. The molecule has 2 fully saturated rings. The van der Waals surface area contributed by atoms with Crippen LogP contribution in [0.3, 0.4) is 0 Å². The lowest BCUT2D eigenvalue weighted by Gasteiger charge is -2.29. The van der Waals surface area contributed by atoms with Gasteiger partial charge in [0.25, 0.3) is 5.92 Å². The third-order valence-corrected chi connectivity index (χ3v) is 5.55. The van der Waals surface area contributed by atoms with Gasteiger partial charge < -0.3 is 15.4 Å². The lowest BCUT2D eigenvalue weighted by atomic mass is 9.83. The Morgan fingerprint density at radius 2 is 2.00 bits per heavy atom. The predicted octanol–water partition coefficient (Wildman–Crippen LogP) is 3.47. The molecular formula is C18H25F2N3O2. The number of aromatic nitrogens is 1. The van der Waals surface area contributed by atoms with Crippen LogP contribution in [0.25, 0.3) is 0 Å². The number of urea groups is 1. The summed E-state index contributed by atoms with van der Waals surface area (Å²) < 4.78 is 32.1. The van der Waals surface area contributed by atoms with Crippen molar-refractivity contribution in [3.8, 4) is 5.88 Å². The maximum absolute atomic E-state index is 13.4. The summed E-state index contributed by atoms with van der Waals surface area (Å²) in [6.45, 7) is 4.14. The number of nitrogens with zero attached hydrogens (tertiary/aromatic N) is 1. The van der Waals surface area contributed by atoms with Crippen LogP contribution in [0.15, 0.2) is 6.07 Å². The average molecular weight is 353 g/mol. The predicted molar refractivity (Wildman–Crippen MR) is 89.9 cm³/mol. The zero-order chi connectivity index (χ0) is 18.2. The SMILES string of the molecule is COc1nc(C)cc(C)c1CNC(=O)NC1CCC2(CC1)CC2(F)F. The van der Waals surface area contributed by atoms with Crippen molar-refractivity contribution in [2.24, 2.45) is 5.41 Å². The van der Waals surface area contributed by atoms with E-state index in [1.54, 1.807) is 7.11 Å². The number of hydrogen-bond acceptors (Lipinski definition) is 3. The highest BCUT2D eigenvalue weighted by atomic mass is 19.3. The van der Waals surface area contributed by atoms with Gasteiger partial charge in [-0.3, -0.25) is 0 Å². The van der Waals surface area contributed by atoms with Gasteiger partial charge in [-0.1, -0.05) is 0 Å². The molecule has 5 nitrogen and oxygen atoms in total. The quantitative estimate of drug-likeness (QED) is 0.871. The number of carbonyl (C=O) groups is 1. The molecule has 3 rings (SSSR count). The van der Waals surface area contributed by atoms with Gasteiger partial charge in [-0.15, -0.1) is 0 Å². The van der Waals surface area contributed by atoms with E-state index in [9.17, 15) is 13.6 Å². The Labute approximate surface area is 146 Å². The standard InChI is InChI=1S/C18H25F2N3O2/c1-11-8-12(2)22-15(25-3)14(11)9-21-16(24)23-13-4-6-17(7-5-13)10-18(17,19)20/h8,13H,4-7,9-10H2,1-3H3,(H2,21,23,24).